The molecule has 0 aliphatic rings. The van der Waals surface area contributed by atoms with E-state index in [-0.39, 0.29) is 18.3 Å². The van der Waals surface area contributed by atoms with Crippen LogP contribution in [0, 0.1) is 6.92 Å². The van der Waals surface area contributed by atoms with Gasteiger partial charge >= 0.3 is 0 Å². The highest BCUT2D eigenvalue weighted by atomic mass is 35.5. The monoisotopic (exact) mass is 270 g/mol. The van der Waals surface area contributed by atoms with Gasteiger partial charge < -0.3 is 15.5 Å². The molecule has 6 nitrogen and oxygen atoms in total. The summed E-state index contributed by atoms with van der Waals surface area (Å²) in [4.78, 5) is 11.6. The minimum absolute atomic E-state index is 0. The van der Waals surface area contributed by atoms with Gasteiger partial charge in [0.15, 0.2) is 11.5 Å². The molecule has 0 saturated carbocycles. The van der Waals surface area contributed by atoms with Crippen molar-refractivity contribution in [2.75, 3.05) is 13.1 Å². The fraction of sp³-hybridized carbons (Fsp3) is 0.273. The number of nitrogens with zero attached hydrogens (tertiary/aromatic N) is 1. The number of carbonyl (C=O) groups is 1. The highest BCUT2D eigenvalue weighted by molar-refractivity contribution is 5.93. The van der Waals surface area contributed by atoms with Gasteiger partial charge in [-0.15, -0.1) is 12.4 Å². The summed E-state index contributed by atoms with van der Waals surface area (Å²) in [5.74, 6) is 1.22. The molecule has 18 heavy (non-hydrogen) atoms. The standard InChI is InChI=1S/C11H14N4O2.ClH/c1-7-2-3-10(17-7)8-6-9(15-14-8)11(16)13-5-4-12;/h2-3,6H,4-5,12H2,1H3,(H,13,16)(H,14,15);1H. The molecule has 2 heterocycles. The Morgan fingerprint density at radius 3 is 2.94 bits per heavy atom. The number of hydrogen-bond acceptors (Lipinski definition) is 4. The number of aryl methyl sites for hydroxylation is 1. The SMILES string of the molecule is Cc1ccc(-c2cc(C(=O)NCCN)n[nH]2)o1.Cl. The summed E-state index contributed by atoms with van der Waals surface area (Å²) < 4.78 is 5.42. The van der Waals surface area contributed by atoms with E-state index in [1.165, 1.54) is 0 Å². The molecule has 0 aromatic carbocycles. The van der Waals surface area contributed by atoms with Gasteiger partial charge in [0.1, 0.15) is 11.5 Å². The Morgan fingerprint density at radius 2 is 2.33 bits per heavy atom. The molecule has 0 aliphatic carbocycles. The van der Waals surface area contributed by atoms with Crippen LogP contribution in [0.5, 0.6) is 0 Å². The summed E-state index contributed by atoms with van der Waals surface area (Å²) in [6.45, 7) is 2.69. The summed E-state index contributed by atoms with van der Waals surface area (Å²) in [5.41, 5.74) is 6.29. The largest absolute Gasteiger partial charge is 0.460 e. The Balaban J connectivity index is 0.00000162. The Kier molecular flexibility index (Phi) is 4.94. The predicted molar refractivity (Wildman–Crippen MR) is 69.7 cm³/mol. The zero-order chi connectivity index (χ0) is 12.3. The maximum atomic E-state index is 11.6. The molecule has 0 atom stereocenters. The topological polar surface area (TPSA) is 96.9 Å². The molecule has 98 valence electrons. The molecule has 7 heteroatoms. The smallest absolute Gasteiger partial charge is 0.271 e. The van der Waals surface area contributed by atoms with Crippen LogP contribution in [0.4, 0.5) is 0 Å². The Morgan fingerprint density at radius 1 is 1.56 bits per heavy atom. The van der Waals surface area contributed by atoms with E-state index in [1.54, 1.807) is 6.07 Å². The average Bonchev–Trinajstić information content (AvgIpc) is 2.93. The maximum Gasteiger partial charge on any atom is 0.271 e. The summed E-state index contributed by atoms with van der Waals surface area (Å²) in [6.07, 6.45) is 0. The molecule has 1 amide bonds. The van der Waals surface area contributed by atoms with Crippen molar-refractivity contribution >= 4 is 18.3 Å². The Labute approximate surface area is 110 Å². The quantitative estimate of drug-likeness (QED) is 0.775. The van der Waals surface area contributed by atoms with Gasteiger partial charge in [-0.2, -0.15) is 5.10 Å². The number of amides is 1. The van der Waals surface area contributed by atoms with E-state index < -0.39 is 0 Å². The first-order chi connectivity index (χ1) is 8.20. The van der Waals surface area contributed by atoms with Crippen molar-refractivity contribution in [3.05, 3.63) is 29.7 Å². The second-order valence-electron chi connectivity index (χ2n) is 3.62. The van der Waals surface area contributed by atoms with E-state index in [4.69, 9.17) is 10.2 Å². The van der Waals surface area contributed by atoms with Gasteiger partial charge in [-0.1, -0.05) is 0 Å². The number of hydrogen-bond donors (Lipinski definition) is 3. The van der Waals surface area contributed by atoms with Crippen molar-refractivity contribution in [2.24, 2.45) is 5.73 Å². The number of nitrogens with one attached hydrogen (secondary N) is 2. The first-order valence-electron chi connectivity index (χ1n) is 5.31. The Bertz CT molecular complexity index is 521. The lowest BCUT2D eigenvalue weighted by atomic mass is 10.3. The Hall–Kier alpha value is -1.79. The highest BCUT2D eigenvalue weighted by Crippen LogP contribution is 2.20. The van der Waals surface area contributed by atoms with E-state index >= 15 is 0 Å². The maximum absolute atomic E-state index is 11.6. The molecule has 0 bridgehead atoms. The highest BCUT2D eigenvalue weighted by Gasteiger charge is 2.12. The second-order valence-corrected chi connectivity index (χ2v) is 3.62. The molecule has 0 aliphatic heterocycles. The van der Waals surface area contributed by atoms with Gasteiger partial charge in [0.05, 0.1) is 0 Å². The lowest BCUT2D eigenvalue weighted by molar-refractivity contribution is 0.0950. The van der Waals surface area contributed by atoms with Gasteiger partial charge in [-0.3, -0.25) is 9.89 Å². The summed E-state index contributed by atoms with van der Waals surface area (Å²) in [6, 6.07) is 5.32. The number of halogens is 1. The van der Waals surface area contributed by atoms with E-state index in [0.717, 1.165) is 5.76 Å². The molecule has 0 spiro atoms. The normalized spacial score (nSPS) is 9.89. The molecule has 0 unspecified atom stereocenters. The van der Waals surface area contributed by atoms with Crippen LogP contribution in [-0.2, 0) is 0 Å². The second kappa shape index (κ2) is 6.23. The number of H-pyrrole nitrogens is 1. The molecule has 2 aromatic heterocycles. The third-order valence-corrected chi connectivity index (χ3v) is 2.25. The van der Waals surface area contributed by atoms with Crippen molar-refractivity contribution in [1.29, 1.82) is 0 Å². The van der Waals surface area contributed by atoms with Crippen LogP contribution in [0.3, 0.4) is 0 Å². The number of carbonyl (C=O) groups excluding carboxylic acids is 1. The van der Waals surface area contributed by atoms with E-state index in [9.17, 15) is 4.79 Å². The summed E-state index contributed by atoms with van der Waals surface area (Å²) in [5, 5.41) is 9.32. The van der Waals surface area contributed by atoms with Gasteiger partial charge in [0.25, 0.3) is 5.91 Å². The average molecular weight is 271 g/mol. The van der Waals surface area contributed by atoms with Crippen LogP contribution in [0.2, 0.25) is 0 Å². The van der Waals surface area contributed by atoms with Crippen LogP contribution in [0.15, 0.2) is 22.6 Å². The van der Waals surface area contributed by atoms with Gasteiger partial charge in [0, 0.05) is 19.2 Å². The molecular formula is C11H15ClN4O2. The van der Waals surface area contributed by atoms with Crippen LogP contribution in [0.1, 0.15) is 16.2 Å². The van der Waals surface area contributed by atoms with Crippen LogP contribution < -0.4 is 11.1 Å². The van der Waals surface area contributed by atoms with Gasteiger partial charge in [0.2, 0.25) is 0 Å². The number of nitrogens with two attached hydrogens (primary N) is 1. The molecule has 0 radical (unpaired) electrons. The summed E-state index contributed by atoms with van der Waals surface area (Å²) in [7, 11) is 0. The molecule has 4 N–H and O–H groups in total. The van der Waals surface area contributed by atoms with Crippen molar-refractivity contribution in [3.8, 4) is 11.5 Å². The van der Waals surface area contributed by atoms with Crippen molar-refractivity contribution in [3.63, 3.8) is 0 Å². The van der Waals surface area contributed by atoms with Crippen LogP contribution >= 0.6 is 12.4 Å². The van der Waals surface area contributed by atoms with Crippen LogP contribution in [-0.4, -0.2) is 29.2 Å². The molecule has 0 saturated heterocycles. The fourth-order valence-corrected chi connectivity index (χ4v) is 1.42. The first kappa shape index (κ1) is 14.3. The molecule has 0 fully saturated rings. The van der Waals surface area contributed by atoms with E-state index in [1.807, 2.05) is 19.1 Å². The number of aromatic amines is 1. The molecule has 2 aromatic rings. The fourth-order valence-electron chi connectivity index (χ4n) is 1.42. The van der Waals surface area contributed by atoms with Crippen molar-refractivity contribution in [2.45, 2.75) is 6.92 Å². The predicted octanol–water partition coefficient (Wildman–Crippen LogP) is 1.09. The molecule has 2 rings (SSSR count). The third kappa shape index (κ3) is 3.12. The summed E-state index contributed by atoms with van der Waals surface area (Å²) >= 11 is 0. The number of rotatable bonds is 4. The van der Waals surface area contributed by atoms with E-state index in [2.05, 4.69) is 15.5 Å². The van der Waals surface area contributed by atoms with Gasteiger partial charge in [-0.25, -0.2) is 0 Å². The van der Waals surface area contributed by atoms with E-state index in [0.29, 0.717) is 30.2 Å². The third-order valence-electron chi connectivity index (χ3n) is 2.25. The van der Waals surface area contributed by atoms with Gasteiger partial charge in [-0.05, 0) is 19.1 Å². The lowest BCUT2D eigenvalue weighted by Gasteiger charge is -1.98. The van der Waals surface area contributed by atoms with Crippen molar-refractivity contribution in [1.82, 2.24) is 15.5 Å². The minimum Gasteiger partial charge on any atom is -0.460 e. The van der Waals surface area contributed by atoms with Crippen molar-refractivity contribution < 1.29 is 9.21 Å². The van der Waals surface area contributed by atoms with Crippen LogP contribution in [0.25, 0.3) is 11.5 Å². The zero-order valence-electron chi connectivity index (χ0n) is 9.90. The zero-order valence-corrected chi connectivity index (χ0v) is 10.7. The molecular weight excluding hydrogens is 256 g/mol. The number of aromatic nitrogens is 2. The lowest BCUT2D eigenvalue weighted by Crippen LogP contribution is -2.29. The number of furan rings is 1. The minimum atomic E-state index is -0.249. The first-order valence-corrected chi connectivity index (χ1v) is 5.31.